The Hall–Kier alpha value is -7.23. The first-order chi connectivity index (χ1) is 27.6. The summed E-state index contributed by atoms with van der Waals surface area (Å²) in [6.07, 6.45) is 4.87. The van der Waals surface area contributed by atoms with E-state index in [0.29, 0.717) is 11.1 Å². The van der Waals surface area contributed by atoms with Crippen LogP contribution in [0.5, 0.6) is 0 Å². The van der Waals surface area contributed by atoms with Gasteiger partial charge in [-0.05, 0) is 145 Å². The second kappa shape index (κ2) is 11.9. The Bertz CT molecular complexity index is 3390. The van der Waals surface area contributed by atoms with Crippen LogP contribution in [-0.2, 0) is 0 Å². The molecule has 2 heterocycles. The molecule has 10 aromatic rings. The lowest BCUT2D eigenvalue weighted by Crippen LogP contribution is -2.38. The SMILES string of the molecule is O=C(c1ccc(N2c3ccccc3C3C=c4cc5ccccc5cc4=CC32)cc1)c1ccc(-n2c3ccccc3c3cc4cc5ccccc5cc4cc32)cc1. The van der Waals surface area contributed by atoms with E-state index < -0.39 is 0 Å². The number of hydrogen-bond donors (Lipinski definition) is 0. The number of fused-ring (bicyclic) bond motifs is 10. The van der Waals surface area contributed by atoms with Gasteiger partial charge in [0.1, 0.15) is 0 Å². The molecular weight excluding hydrogens is 681 g/mol. The van der Waals surface area contributed by atoms with Crippen molar-refractivity contribution in [3.05, 3.63) is 209 Å². The molecule has 0 saturated carbocycles. The number of carbonyl (C=O) groups excluding carboxylic acids is 1. The average Bonchev–Trinajstić information content (AvgIpc) is 3.74. The fourth-order valence-electron chi connectivity index (χ4n) is 9.50. The van der Waals surface area contributed by atoms with E-state index in [2.05, 4.69) is 179 Å². The van der Waals surface area contributed by atoms with Gasteiger partial charge < -0.3 is 9.47 Å². The van der Waals surface area contributed by atoms with Crippen LogP contribution in [0.1, 0.15) is 27.4 Å². The van der Waals surface area contributed by atoms with Gasteiger partial charge in [0.05, 0.1) is 17.1 Å². The van der Waals surface area contributed by atoms with E-state index in [1.165, 1.54) is 64.8 Å². The molecule has 2 unspecified atom stereocenters. The maximum absolute atomic E-state index is 14.0. The summed E-state index contributed by atoms with van der Waals surface area (Å²) in [4.78, 5) is 16.4. The highest BCUT2D eigenvalue weighted by atomic mass is 16.1. The van der Waals surface area contributed by atoms with Crippen molar-refractivity contribution in [2.75, 3.05) is 4.90 Å². The second-order valence-electron chi connectivity index (χ2n) is 15.3. The molecule has 0 N–H and O–H groups in total. The van der Waals surface area contributed by atoms with Crippen molar-refractivity contribution in [1.82, 2.24) is 4.57 Å². The monoisotopic (exact) mass is 714 g/mol. The zero-order chi connectivity index (χ0) is 36.9. The van der Waals surface area contributed by atoms with Gasteiger partial charge in [-0.25, -0.2) is 0 Å². The molecule has 0 fully saturated rings. The molecule has 1 aliphatic carbocycles. The fourth-order valence-corrected chi connectivity index (χ4v) is 9.50. The quantitative estimate of drug-likeness (QED) is 0.134. The second-order valence-corrected chi connectivity index (χ2v) is 15.3. The minimum absolute atomic E-state index is 0.0151. The summed E-state index contributed by atoms with van der Waals surface area (Å²) < 4.78 is 2.32. The Morgan fingerprint density at radius 3 is 1.68 bits per heavy atom. The third-order valence-corrected chi connectivity index (χ3v) is 12.2. The summed E-state index contributed by atoms with van der Waals surface area (Å²) in [5.74, 6) is 0.258. The van der Waals surface area contributed by atoms with Crippen molar-refractivity contribution in [1.29, 1.82) is 0 Å². The van der Waals surface area contributed by atoms with Crippen LogP contribution in [0, 0.1) is 0 Å². The largest absolute Gasteiger partial charge is 0.333 e. The summed E-state index contributed by atoms with van der Waals surface area (Å²) in [6.45, 7) is 0. The van der Waals surface area contributed by atoms with E-state index in [0.717, 1.165) is 22.4 Å². The fraction of sp³-hybridized carbons (Fsp3) is 0.0377. The molecule has 0 bridgehead atoms. The molecular formula is C53H34N2O. The van der Waals surface area contributed by atoms with E-state index >= 15 is 0 Å². The lowest BCUT2D eigenvalue weighted by atomic mass is 9.88. The highest BCUT2D eigenvalue weighted by molar-refractivity contribution is 6.15. The number of para-hydroxylation sites is 2. The minimum Gasteiger partial charge on any atom is -0.333 e. The van der Waals surface area contributed by atoms with Gasteiger partial charge in [0, 0.05) is 44.9 Å². The standard InChI is InChI=1S/C53H34N2O/c56-53(33-17-21-43(22-18-33)54-49-15-7-5-13-45(49)47-29-39-25-35-9-1-3-11-37(35)27-41(39)31-51(47)54)34-19-23-44(24-20-34)55-50-16-8-6-14-46(50)48-30-40-26-36-10-2-4-12-38(36)28-42(40)32-52(48)55/h1-32,47,51H. The van der Waals surface area contributed by atoms with Crippen LogP contribution in [-0.4, -0.2) is 16.4 Å². The van der Waals surface area contributed by atoms with Crippen molar-refractivity contribution in [2.45, 2.75) is 12.0 Å². The van der Waals surface area contributed by atoms with Gasteiger partial charge in [-0.2, -0.15) is 0 Å². The van der Waals surface area contributed by atoms with Gasteiger partial charge in [-0.3, -0.25) is 4.79 Å². The number of rotatable bonds is 4. The third-order valence-electron chi connectivity index (χ3n) is 12.2. The number of aromatic nitrogens is 1. The lowest BCUT2D eigenvalue weighted by molar-refractivity contribution is 0.103. The van der Waals surface area contributed by atoms with E-state index in [1.54, 1.807) is 0 Å². The van der Waals surface area contributed by atoms with Crippen LogP contribution in [0.2, 0.25) is 0 Å². The van der Waals surface area contributed by atoms with Crippen molar-refractivity contribution in [2.24, 2.45) is 0 Å². The topological polar surface area (TPSA) is 25.2 Å². The summed E-state index contributed by atoms with van der Waals surface area (Å²) in [5, 5.41) is 12.4. The molecule has 1 aliphatic heterocycles. The molecule has 3 nitrogen and oxygen atoms in total. The molecule has 0 spiro atoms. The molecule has 0 radical (unpaired) electrons. The molecule has 9 aromatic carbocycles. The van der Waals surface area contributed by atoms with Gasteiger partial charge in [0.25, 0.3) is 0 Å². The van der Waals surface area contributed by atoms with Crippen LogP contribution in [0.15, 0.2) is 182 Å². The number of nitrogens with zero attached hydrogens (tertiary/aromatic N) is 2. The number of benzene rings is 9. The number of hydrogen-bond acceptors (Lipinski definition) is 2. The van der Waals surface area contributed by atoms with Crippen LogP contribution in [0.3, 0.4) is 0 Å². The summed E-state index contributed by atoms with van der Waals surface area (Å²) in [7, 11) is 0. The molecule has 3 heteroatoms. The molecule has 2 atom stereocenters. The third kappa shape index (κ3) is 4.67. The predicted octanol–water partition coefficient (Wildman–Crippen LogP) is 11.4. The number of ketones is 1. The Kier molecular flexibility index (Phi) is 6.61. The van der Waals surface area contributed by atoms with Gasteiger partial charge in [-0.15, -0.1) is 0 Å². The molecule has 1 aromatic heterocycles. The lowest BCUT2D eigenvalue weighted by Gasteiger charge is -2.29. The van der Waals surface area contributed by atoms with Crippen molar-refractivity contribution in [3.8, 4) is 5.69 Å². The molecule has 0 amide bonds. The molecule has 12 rings (SSSR count). The molecule has 2 aliphatic rings. The molecule has 262 valence electrons. The van der Waals surface area contributed by atoms with Crippen molar-refractivity contribution in [3.63, 3.8) is 0 Å². The van der Waals surface area contributed by atoms with Crippen LogP contribution in [0.25, 0.3) is 72.0 Å². The maximum atomic E-state index is 14.0. The molecule has 56 heavy (non-hydrogen) atoms. The summed E-state index contributed by atoms with van der Waals surface area (Å²) in [5.41, 5.74) is 8.30. The zero-order valence-corrected chi connectivity index (χ0v) is 30.4. The normalized spacial score (nSPS) is 15.8. The van der Waals surface area contributed by atoms with Crippen LogP contribution >= 0.6 is 0 Å². The maximum Gasteiger partial charge on any atom is 0.193 e. The zero-order valence-electron chi connectivity index (χ0n) is 30.4. The minimum atomic E-state index is 0.0151. The first-order valence-corrected chi connectivity index (χ1v) is 19.4. The van der Waals surface area contributed by atoms with E-state index in [1.807, 2.05) is 24.3 Å². The van der Waals surface area contributed by atoms with Gasteiger partial charge in [-0.1, -0.05) is 97.1 Å². The van der Waals surface area contributed by atoms with Crippen molar-refractivity contribution < 1.29 is 4.79 Å². The Labute approximate surface area is 323 Å². The van der Waals surface area contributed by atoms with Crippen LogP contribution in [0.4, 0.5) is 11.4 Å². The van der Waals surface area contributed by atoms with E-state index in [4.69, 9.17) is 0 Å². The van der Waals surface area contributed by atoms with Gasteiger partial charge in [0.15, 0.2) is 5.78 Å². The van der Waals surface area contributed by atoms with Gasteiger partial charge in [0.2, 0.25) is 0 Å². The number of anilines is 2. The highest BCUT2D eigenvalue weighted by Gasteiger charge is 2.37. The summed E-state index contributed by atoms with van der Waals surface area (Å²) >= 11 is 0. The van der Waals surface area contributed by atoms with Crippen molar-refractivity contribution >= 4 is 83.4 Å². The summed E-state index contributed by atoms with van der Waals surface area (Å²) in [6, 6.07) is 64.7. The van der Waals surface area contributed by atoms with E-state index in [-0.39, 0.29) is 17.7 Å². The first-order valence-electron chi connectivity index (χ1n) is 19.4. The Balaban J connectivity index is 0.885. The molecule has 0 saturated heterocycles. The average molecular weight is 715 g/mol. The number of carbonyl (C=O) groups is 1. The Morgan fingerprint density at radius 1 is 0.429 bits per heavy atom. The smallest absolute Gasteiger partial charge is 0.193 e. The van der Waals surface area contributed by atoms with Crippen LogP contribution < -0.4 is 15.3 Å². The predicted molar refractivity (Wildman–Crippen MR) is 233 cm³/mol. The highest BCUT2D eigenvalue weighted by Crippen LogP contribution is 2.47. The van der Waals surface area contributed by atoms with E-state index in [9.17, 15) is 4.79 Å². The Morgan fingerprint density at radius 2 is 0.982 bits per heavy atom. The van der Waals surface area contributed by atoms with Gasteiger partial charge >= 0.3 is 0 Å². The first kappa shape index (κ1) is 31.2.